The van der Waals surface area contributed by atoms with E-state index >= 15 is 0 Å². The lowest BCUT2D eigenvalue weighted by atomic mass is 10.0. The van der Waals surface area contributed by atoms with Crippen LogP contribution in [0.25, 0.3) is 0 Å². The van der Waals surface area contributed by atoms with Crippen molar-refractivity contribution in [1.82, 2.24) is 0 Å². The lowest BCUT2D eigenvalue weighted by Crippen LogP contribution is -2.09. The fraction of sp³-hybridized carbons (Fsp3) is 0.385. The van der Waals surface area contributed by atoms with E-state index in [4.69, 9.17) is 9.84 Å². The normalized spacial score (nSPS) is 17.9. The molecule has 1 aliphatic rings. The van der Waals surface area contributed by atoms with Gasteiger partial charge in [0.05, 0.1) is 0 Å². The summed E-state index contributed by atoms with van der Waals surface area (Å²) in [5, 5.41) is 8.51. The summed E-state index contributed by atoms with van der Waals surface area (Å²) in [7, 11) is 0. The van der Waals surface area contributed by atoms with Gasteiger partial charge in [0, 0.05) is 11.5 Å². The molecule has 1 atom stereocenters. The molecule has 1 aliphatic carbocycles. The Hall–Kier alpha value is -1.84. The molecule has 0 aromatic heterocycles. The largest absolute Gasteiger partial charge is 0.482 e. The number of carbonyl (C=O) groups is 2. The lowest BCUT2D eigenvalue weighted by molar-refractivity contribution is -0.139. The summed E-state index contributed by atoms with van der Waals surface area (Å²) < 4.78 is 5.09. The molecule has 0 aliphatic heterocycles. The topological polar surface area (TPSA) is 63.6 Å². The van der Waals surface area contributed by atoms with Crippen LogP contribution in [0.2, 0.25) is 0 Å². The Morgan fingerprint density at radius 3 is 2.94 bits per heavy atom. The smallest absolute Gasteiger partial charge is 0.341 e. The fourth-order valence-corrected chi connectivity index (χ4v) is 2.12. The number of fused-ring (bicyclic) bond motifs is 1. The predicted molar refractivity (Wildman–Crippen MR) is 61.4 cm³/mol. The average Bonchev–Trinajstić information content (AvgIpc) is 2.63. The maximum atomic E-state index is 11.9. The van der Waals surface area contributed by atoms with E-state index in [0.717, 1.165) is 24.0 Å². The van der Waals surface area contributed by atoms with E-state index in [1.165, 1.54) is 0 Å². The van der Waals surface area contributed by atoms with Crippen molar-refractivity contribution in [1.29, 1.82) is 0 Å². The maximum absolute atomic E-state index is 11.9. The van der Waals surface area contributed by atoms with Gasteiger partial charge in [0.25, 0.3) is 0 Å². The number of hydrogen-bond donors (Lipinski definition) is 1. The van der Waals surface area contributed by atoms with E-state index in [1.807, 2.05) is 6.92 Å². The van der Waals surface area contributed by atoms with Crippen molar-refractivity contribution >= 4 is 11.8 Å². The molecule has 0 amide bonds. The van der Waals surface area contributed by atoms with E-state index in [9.17, 15) is 9.59 Å². The highest BCUT2D eigenvalue weighted by Crippen LogP contribution is 2.31. The second kappa shape index (κ2) is 4.57. The van der Waals surface area contributed by atoms with Gasteiger partial charge < -0.3 is 9.84 Å². The summed E-state index contributed by atoms with van der Waals surface area (Å²) in [4.78, 5) is 22.2. The highest BCUT2D eigenvalue weighted by atomic mass is 16.5. The minimum atomic E-state index is -1.01. The third-order valence-corrected chi connectivity index (χ3v) is 3.03. The number of carbonyl (C=O) groups excluding carboxylic acids is 1. The van der Waals surface area contributed by atoms with E-state index in [0.29, 0.717) is 5.75 Å². The Morgan fingerprint density at radius 1 is 1.53 bits per heavy atom. The Morgan fingerprint density at radius 2 is 2.29 bits per heavy atom. The van der Waals surface area contributed by atoms with Crippen molar-refractivity contribution in [3.63, 3.8) is 0 Å². The van der Waals surface area contributed by atoms with Crippen molar-refractivity contribution in [3.05, 3.63) is 29.3 Å². The molecule has 17 heavy (non-hydrogen) atoms. The number of ketones is 1. The fourth-order valence-electron chi connectivity index (χ4n) is 2.12. The molecule has 90 valence electrons. The van der Waals surface area contributed by atoms with Gasteiger partial charge in [-0.25, -0.2) is 4.79 Å². The van der Waals surface area contributed by atoms with Gasteiger partial charge in [-0.15, -0.1) is 0 Å². The molecule has 1 unspecified atom stereocenters. The monoisotopic (exact) mass is 234 g/mol. The quantitative estimate of drug-likeness (QED) is 0.864. The molecule has 4 nitrogen and oxygen atoms in total. The minimum Gasteiger partial charge on any atom is -0.482 e. The van der Waals surface area contributed by atoms with Gasteiger partial charge in [-0.2, -0.15) is 0 Å². The summed E-state index contributed by atoms with van der Waals surface area (Å²) in [5.41, 5.74) is 1.71. The molecule has 2 rings (SSSR count). The second-order valence-electron chi connectivity index (χ2n) is 4.17. The summed E-state index contributed by atoms with van der Waals surface area (Å²) in [6.07, 6.45) is 1.56. The highest BCUT2D eigenvalue weighted by molar-refractivity contribution is 6.02. The molecular formula is C13H14O4. The molecule has 0 saturated heterocycles. The zero-order chi connectivity index (χ0) is 12.4. The van der Waals surface area contributed by atoms with Crippen LogP contribution in [0.4, 0.5) is 0 Å². The molecule has 0 bridgehead atoms. The van der Waals surface area contributed by atoms with E-state index in [2.05, 4.69) is 0 Å². The number of ether oxygens (including phenoxy) is 1. The first-order valence-corrected chi connectivity index (χ1v) is 5.63. The Bertz CT molecular complexity index is 464. The van der Waals surface area contributed by atoms with Crippen LogP contribution in [0.1, 0.15) is 29.3 Å². The molecule has 1 aromatic rings. The number of aliphatic carboxylic acids is 1. The van der Waals surface area contributed by atoms with Crippen molar-refractivity contribution in [2.24, 2.45) is 5.92 Å². The molecule has 0 radical (unpaired) electrons. The van der Waals surface area contributed by atoms with Gasteiger partial charge in [0.1, 0.15) is 5.75 Å². The van der Waals surface area contributed by atoms with Crippen LogP contribution in [-0.4, -0.2) is 23.5 Å². The standard InChI is InChI=1S/C13H14O4/c1-2-8-5-9-6-10(17-7-12(14)15)3-4-11(9)13(8)16/h3-4,6,8H,2,5,7H2,1H3,(H,14,15). The van der Waals surface area contributed by atoms with Crippen LogP contribution >= 0.6 is 0 Å². The SMILES string of the molecule is CCC1Cc2cc(OCC(=O)O)ccc2C1=O. The van der Waals surface area contributed by atoms with E-state index < -0.39 is 5.97 Å². The molecule has 1 aromatic carbocycles. The van der Waals surface area contributed by atoms with Crippen LogP contribution in [0.15, 0.2) is 18.2 Å². The summed E-state index contributed by atoms with van der Waals surface area (Å²) >= 11 is 0. The van der Waals surface area contributed by atoms with Gasteiger partial charge >= 0.3 is 5.97 Å². The predicted octanol–water partition coefficient (Wildman–Crippen LogP) is 1.92. The van der Waals surface area contributed by atoms with Crippen LogP contribution in [0.3, 0.4) is 0 Å². The van der Waals surface area contributed by atoms with E-state index in [1.54, 1.807) is 18.2 Å². The molecule has 0 heterocycles. The first kappa shape index (κ1) is 11.6. The molecule has 1 N–H and O–H groups in total. The molecule has 0 spiro atoms. The van der Waals surface area contributed by atoms with Gasteiger partial charge in [0.2, 0.25) is 0 Å². The number of benzene rings is 1. The van der Waals surface area contributed by atoms with Crippen molar-refractivity contribution in [2.45, 2.75) is 19.8 Å². The number of Topliss-reactive ketones (excluding diaryl/α,β-unsaturated/α-hetero) is 1. The number of hydrogen-bond acceptors (Lipinski definition) is 3. The number of carboxylic acids is 1. The zero-order valence-electron chi connectivity index (χ0n) is 9.60. The zero-order valence-corrected chi connectivity index (χ0v) is 9.60. The Balaban J connectivity index is 2.17. The van der Waals surface area contributed by atoms with Gasteiger partial charge in [-0.1, -0.05) is 6.92 Å². The molecular weight excluding hydrogens is 220 g/mol. The molecule has 0 fully saturated rings. The van der Waals surface area contributed by atoms with E-state index in [-0.39, 0.29) is 18.3 Å². The van der Waals surface area contributed by atoms with Crippen LogP contribution in [0.5, 0.6) is 5.75 Å². The summed E-state index contributed by atoms with van der Waals surface area (Å²) in [5.74, 6) is -0.240. The molecule has 0 saturated carbocycles. The van der Waals surface area contributed by atoms with Gasteiger partial charge in [-0.05, 0) is 36.6 Å². The summed E-state index contributed by atoms with van der Waals surface area (Å²) in [6.45, 7) is 1.64. The third kappa shape index (κ3) is 2.30. The Kier molecular flexibility index (Phi) is 3.13. The second-order valence-corrected chi connectivity index (χ2v) is 4.17. The Labute approximate surface area is 99.2 Å². The first-order chi connectivity index (χ1) is 8.11. The number of carboxylic acid groups (broad SMARTS) is 1. The maximum Gasteiger partial charge on any atom is 0.341 e. The number of rotatable bonds is 4. The molecule has 4 heteroatoms. The van der Waals surface area contributed by atoms with Gasteiger partial charge in [0.15, 0.2) is 12.4 Å². The third-order valence-electron chi connectivity index (χ3n) is 3.03. The van der Waals surface area contributed by atoms with Crippen molar-refractivity contribution < 1.29 is 19.4 Å². The first-order valence-electron chi connectivity index (χ1n) is 5.63. The van der Waals surface area contributed by atoms with Crippen molar-refractivity contribution in [2.75, 3.05) is 6.61 Å². The van der Waals surface area contributed by atoms with Crippen molar-refractivity contribution in [3.8, 4) is 5.75 Å². The van der Waals surface area contributed by atoms with Crippen LogP contribution < -0.4 is 4.74 Å². The lowest BCUT2D eigenvalue weighted by Gasteiger charge is -2.04. The average molecular weight is 234 g/mol. The summed E-state index contributed by atoms with van der Waals surface area (Å²) in [6, 6.07) is 5.15. The van der Waals surface area contributed by atoms with Crippen LogP contribution in [-0.2, 0) is 11.2 Å². The van der Waals surface area contributed by atoms with Crippen LogP contribution in [0, 0.1) is 5.92 Å². The minimum absolute atomic E-state index is 0.0692. The highest BCUT2D eigenvalue weighted by Gasteiger charge is 2.29. The van der Waals surface area contributed by atoms with Gasteiger partial charge in [-0.3, -0.25) is 4.79 Å².